The standard InChI is InChI=1S/C11H24S/c1-4-6-7-8-11(3)10-12-9-5-2/h11H,4-10H2,1-3H3. The molecule has 0 bridgehead atoms. The van der Waals surface area contributed by atoms with Crippen LogP contribution in [0.1, 0.15) is 52.9 Å². The molecule has 12 heavy (non-hydrogen) atoms. The maximum Gasteiger partial charge on any atom is -0.00418 e. The summed E-state index contributed by atoms with van der Waals surface area (Å²) in [5, 5.41) is 0. The quantitative estimate of drug-likeness (QED) is 0.510. The summed E-state index contributed by atoms with van der Waals surface area (Å²) in [5.41, 5.74) is 0. The summed E-state index contributed by atoms with van der Waals surface area (Å²) in [6.07, 6.45) is 6.97. The molecule has 0 heterocycles. The summed E-state index contributed by atoms with van der Waals surface area (Å²) in [6.45, 7) is 6.92. The average molecular weight is 188 g/mol. The van der Waals surface area contributed by atoms with Crippen LogP contribution in [0.2, 0.25) is 0 Å². The predicted octanol–water partition coefficient (Wildman–Crippen LogP) is 4.35. The van der Waals surface area contributed by atoms with E-state index in [0.717, 1.165) is 5.92 Å². The Hall–Kier alpha value is 0.350. The molecule has 0 aliphatic carbocycles. The Morgan fingerprint density at radius 3 is 2.42 bits per heavy atom. The summed E-state index contributed by atoms with van der Waals surface area (Å²) in [4.78, 5) is 0. The van der Waals surface area contributed by atoms with Crippen molar-refractivity contribution in [1.29, 1.82) is 0 Å². The fourth-order valence-electron chi connectivity index (χ4n) is 1.25. The van der Waals surface area contributed by atoms with Gasteiger partial charge in [0.15, 0.2) is 0 Å². The van der Waals surface area contributed by atoms with Crippen molar-refractivity contribution in [2.45, 2.75) is 52.9 Å². The third-order valence-electron chi connectivity index (χ3n) is 2.05. The Kier molecular flexibility index (Phi) is 9.71. The summed E-state index contributed by atoms with van der Waals surface area (Å²) in [7, 11) is 0. The van der Waals surface area contributed by atoms with Gasteiger partial charge in [-0.25, -0.2) is 0 Å². The topological polar surface area (TPSA) is 0 Å². The van der Waals surface area contributed by atoms with Gasteiger partial charge in [0.05, 0.1) is 0 Å². The zero-order valence-electron chi connectivity index (χ0n) is 8.94. The monoisotopic (exact) mass is 188 g/mol. The minimum atomic E-state index is 0.938. The highest BCUT2D eigenvalue weighted by molar-refractivity contribution is 7.99. The highest BCUT2D eigenvalue weighted by atomic mass is 32.2. The molecule has 0 aromatic heterocycles. The minimum Gasteiger partial charge on any atom is -0.162 e. The van der Waals surface area contributed by atoms with Crippen LogP contribution < -0.4 is 0 Å². The van der Waals surface area contributed by atoms with Crippen molar-refractivity contribution < 1.29 is 0 Å². The van der Waals surface area contributed by atoms with E-state index < -0.39 is 0 Å². The maximum absolute atomic E-state index is 2.39. The molecule has 0 saturated carbocycles. The van der Waals surface area contributed by atoms with Crippen LogP contribution in [0.4, 0.5) is 0 Å². The van der Waals surface area contributed by atoms with Gasteiger partial charge in [-0.05, 0) is 30.3 Å². The Morgan fingerprint density at radius 1 is 1.08 bits per heavy atom. The van der Waals surface area contributed by atoms with E-state index in [1.54, 1.807) is 0 Å². The molecule has 0 rings (SSSR count). The molecule has 0 aliphatic heterocycles. The Bertz CT molecular complexity index is 71.1. The van der Waals surface area contributed by atoms with Crippen LogP contribution in [-0.4, -0.2) is 11.5 Å². The predicted molar refractivity (Wildman–Crippen MR) is 60.9 cm³/mol. The van der Waals surface area contributed by atoms with Crippen LogP contribution in [0.15, 0.2) is 0 Å². The second-order valence-corrected chi connectivity index (χ2v) is 4.83. The van der Waals surface area contributed by atoms with Crippen LogP contribution >= 0.6 is 11.8 Å². The van der Waals surface area contributed by atoms with Crippen molar-refractivity contribution in [3.8, 4) is 0 Å². The largest absolute Gasteiger partial charge is 0.162 e. The Labute approximate surface area is 82.5 Å². The fourth-order valence-corrected chi connectivity index (χ4v) is 2.28. The van der Waals surface area contributed by atoms with Crippen LogP contribution in [0.3, 0.4) is 0 Å². The third-order valence-corrected chi connectivity index (χ3v) is 3.55. The molecule has 1 heteroatoms. The lowest BCUT2D eigenvalue weighted by Gasteiger charge is -2.09. The fraction of sp³-hybridized carbons (Fsp3) is 1.00. The molecule has 0 aromatic carbocycles. The molecule has 0 saturated heterocycles. The average Bonchev–Trinajstić information content (AvgIpc) is 2.06. The van der Waals surface area contributed by atoms with E-state index in [2.05, 4.69) is 32.5 Å². The van der Waals surface area contributed by atoms with Gasteiger partial charge in [-0.1, -0.05) is 40.0 Å². The first kappa shape index (κ1) is 12.3. The van der Waals surface area contributed by atoms with E-state index in [0.29, 0.717) is 0 Å². The zero-order valence-corrected chi connectivity index (χ0v) is 9.75. The Balaban J connectivity index is 3.04. The second-order valence-electron chi connectivity index (χ2n) is 3.68. The number of rotatable bonds is 8. The normalized spacial score (nSPS) is 13.2. The summed E-state index contributed by atoms with van der Waals surface area (Å²) < 4.78 is 0. The minimum absolute atomic E-state index is 0.938. The van der Waals surface area contributed by atoms with Crippen molar-refractivity contribution >= 4 is 11.8 Å². The van der Waals surface area contributed by atoms with Crippen molar-refractivity contribution in [3.05, 3.63) is 0 Å². The third kappa shape index (κ3) is 8.45. The summed E-state index contributed by atoms with van der Waals surface area (Å²) in [5.74, 6) is 3.66. The first-order chi connectivity index (χ1) is 5.81. The maximum atomic E-state index is 2.39. The van der Waals surface area contributed by atoms with E-state index in [9.17, 15) is 0 Å². The lowest BCUT2D eigenvalue weighted by atomic mass is 10.1. The van der Waals surface area contributed by atoms with Gasteiger partial charge in [0.1, 0.15) is 0 Å². The number of hydrogen-bond donors (Lipinski definition) is 0. The molecule has 0 spiro atoms. The number of hydrogen-bond acceptors (Lipinski definition) is 1. The molecular formula is C11H24S. The molecular weight excluding hydrogens is 164 g/mol. The Morgan fingerprint density at radius 2 is 1.83 bits per heavy atom. The molecule has 0 radical (unpaired) electrons. The highest BCUT2D eigenvalue weighted by Gasteiger charge is 2.00. The van der Waals surface area contributed by atoms with Crippen LogP contribution in [0, 0.1) is 5.92 Å². The van der Waals surface area contributed by atoms with Crippen molar-refractivity contribution in [1.82, 2.24) is 0 Å². The first-order valence-corrected chi connectivity index (χ1v) is 6.54. The van der Waals surface area contributed by atoms with Gasteiger partial charge in [-0.15, -0.1) is 0 Å². The number of unbranched alkanes of at least 4 members (excludes halogenated alkanes) is 2. The van der Waals surface area contributed by atoms with Gasteiger partial charge in [0.25, 0.3) is 0 Å². The molecule has 0 aliphatic rings. The smallest absolute Gasteiger partial charge is 0.00418 e. The molecule has 1 unspecified atom stereocenters. The van der Waals surface area contributed by atoms with Gasteiger partial charge in [0, 0.05) is 0 Å². The number of thioether (sulfide) groups is 1. The molecule has 74 valence electrons. The molecule has 0 aromatic rings. The van der Waals surface area contributed by atoms with E-state index >= 15 is 0 Å². The molecule has 1 atom stereocenters. The van der Waals surface area contributed by atoms with Crippen molar-refractivity contribution in [2.75, 3.05) is 11.5 Å². The molecule has 0 amide bonds. The summed E-state index contributed by atoms with van der Waals surface area (Å²) >= 11 is 2.12. The van der Waals surface area contributed by atoms with E-state index in [1.807, 2.05) is 0 Å². The lowest BCUT2D eigenvalue weighted by molar-refractivity contribution is 0.541. The van der Waals surface area contributed by atoms with Gasteiger partial charge >= 0.3 is 0 Å². The summed E-state index contributed by atoms with van der Waals surface area (Å²) in [6, 6.07) is 0. The highest BCUT2D eigenvalue weighted by Crippen LogP contribution is 2.15. The van der Waals surface area contributed by atoms with E-state index in [1.165, 1.54) is 43.6 Å². The van der Waals surface area contributed by atoms with E-state index in [4.69, 9.17) is 0 Å². The van der Waals surface area contributed by atoms with Gasteiger partial charge in [0.2, 0.25) is 0 Å². The van der Waals surface area contributed by atoms with Gasteiger partial charge in [-0.3, -0.25) is 0 Å². The van der Waals surface area contributed by atoms with E-state index in [-0.39, 0.29) is 0 Å². The van der Waals surface area contributed by atoms with Crippen LogP contribution in [0.5, 0.6) is 0 Å². The van der Waals surface area contributed by atoms with Crippen LogP contribution in [-0.2, 0) is 0 Å². The molecule has 0 fully saturated rings. The van der Waals surface area contributed by atoms with Crippen molar-refractivity contribution in [2.24, 2.45) is 5.92 Å². The SMILES string of the molecule is CCCCCC(C)CSCCC. The first-order valence-electron chi connectivity index (χ1n) is 5.39. The lowest BCUT2D eigenvalue weighted by Crippen LogP contribution is -1.98. The van der Waals surface area contributed by atoms with Gasteiger partial charge in [-0.2, -0.15) is 11.8 Å². The molecule has 0 N–H and O–H groups in total. The van der Waals surface area contributed by atoms with Gasteiger partial charge < -0.3 is 0 Å². The van der Waals surface area contributed by atoms with Crippen LogP contribution in [0.25, 0.3) is 0 Å². The zero-order chi connectivity index (χ0) is 9.23. The van der Waals surface area contributed by atoms with Crippen molar-refractivity contribution in [3.63, 3.8) is 0 Å². The molecule has 0 nitrogen and oxygen atoms in total. The second kappa shape index (κ2) is 9.44.